The molecule has 0 bridgehead atoms. The van der Waals surface area contributed by atoms with Gasteiger partial charge in [-0.15, -0.1) is 0 Å². The van der Waals surface area contributed by atoms with E-state index in [-0.39, 0.29) is 11.9 Å². The van der Waals surface area contributed by atoms with Crippen LogP contribution >= 0.6 is 0 Å². The smallest absolute Gasteiger partial charge is 0.251 e. The van der Waals surface area contributed by atoms with Gasteiger partial charge in [0.15, 0.2) is 0 Å². The number of carbonyl (C=O) groups excluding carboxylic acids is 1. The molecule has 0 heterocycles. The van der Waals surface area contributed by atoms with E-state index in [0.29, 0.717) is 5.92 Å². The maximum Gasteiger partial charge on any atom is 0.251 e. The van der Waals surface area contributed by atoms with Crippen LogP contribution in [0.3, 0.4) is 0 Å². The Kier molecular flexibility index (Phi) is 5.20. The van der Waals surface area contributed by atoms with Crippen LogP contribution in [0.15, 0.2) is 24.3 Å². The quantitative estimate of drug-likeness (QED) is 0.828. The SMILES string of the molecule is CCC(C)C(CC)NC(=O)c1ccc(C)cc1. The highest BCUT2D eigenvalue weighted by Crippen LogP contribution is 2.12. The molecular weight excluding hydrogens is 210 g/mol. The first kappa shape index (κ1) is 13.8. The minimum atomic E-state index is 0.0390. The van der Waals surface area contributed by atoms with Crippen molar-refractivity contribution >= 4 is 5.91 Å². The van der Waals surface area contributed by atoms with Crippen LogP contribution in [-0.4, -0.2) is 11.9 Å². The first-order valence-corrected chi connectivity index (χ1v) is 6.46. The van der Waals surface area contributed by atoms with Crippen molar-refractivity contribution in [2.75, 3.05) is 0 Å². The fraction of sp³-hybridized carbons (Fsp3) is 0.533. The number of amides is 1. The van der Waals surface area contributed by atoms with Gasteiger partial charge >= 0.3 is 0 Å². The molecular formula is C15H23NO. The standard InChI is InChI=1S/C15H23NO/c1-5-12(4)14(6-2)16-15(17)13-9-7-11(3)8-10-13/h7-10,12,14H,5-6H2,1-4H3,(H,16,17). The maximum absolute atomic E-state index is 12.0. The molecule has 94 valence electrons. The van der Waals surface area contributed by atoms with Gasteiger partial charge in [0.05, 0.1) is 0 Å². The molecule has 2 nitrogen and oxygen atoms in total. The Morgan fingerprint density at radius 1 is 1.18 bits per heavy atom. The van der Waals surface area contributed by atoms with E-state index < -0.39 is 0 Å². The van der Waals surface area contributed by atoms with Crippen LogP contribution in [0.1, 0.15) is 49.5 Å². The lowest BCUT2D eigenvalue weighted by molar-refractivity contribution is 0.0922. The van der Waals surface area contributed by atoms with Gasteiger partial charge in [0, 0.05) is 11.6 Å². The number of aryl methyl sites for hydroxylation is 1. The van der Waals surface area contributed by atoms with E-state index in [4.69, 9.17) is 0 Å². The summed E-state index contributed by atoms with van der Waals surface area (Å²) in [6.07, 6.45) is 2.07. The minimum absolute atomic E-state index is 0.0390. The molecule has 1 rings (SSSR count). The third-order valence-corrected chi connectivity index (χ3v) is 3.40. The average Bonchev–Trinajstić information content (AvgIpc) is 2.35. The van der Waals surface area contributed by atoms with Crippen molar-refractivity contribution in [3.05, 3.63) is 35.4 Å². The Labute approximate surface area is 104 Å². The Hall–Kier alpha value is -1.31. The van der Waals surface area contributed by atoms with Gasteiger partial charge in [-0.1, -0.05) is 44.9 Å². The monoisotopic (exact) mass is 233 g/mol. The van der Waals surface area contributed by atoms with Crippen molar-refractivity contribution in [1.29, 1.82) is 0 Å². The highest BCUT2D eigenvalue weighted by atomic mass is 16.1. The number of rotatable bonds is 5. The minimum Gasteiger partial charge on any atom is -0.349 e. The fourth-order valence-electron chi connectivity index (χ4n) is 1.89. The van der Waals surface area contributed by atoms with E-state index in [0.717, 1.165) is 18.4 Å². The molecule has 2 atom stereocenters. The summed E-state index contributed by atoms with van der Waals surface area (Å²) in [6.45, 7) is 8.48. The first-order chi connectivity index (χ1) is 8.08. The topological polar surface area (TPSA) is 29.1 Å². The van der Waals surface area contributed by atoms with Gasteiger partial charge in [-0.05, 0) is 31.4 Å². The zero-order chi connectivity index (χ0) is 12.8. The van der Waals surface area contributed by atoms with Gasteiger partial charge in [0.2, 0.25) is 0 Å². The van der Waals surface area contributed by atoms with Crippen molar-refractivity contribution in [2.24, 2.45) is 5.92 Å². The van der Waals surface area contributed by atoms with Gasteiger partial charge in [0.1, 0.15) is 0 Å². The lowest BCUT2D eigenvalue weighted by atomic mass is 9.96. The molecule has 0 aliphatic heterocycles. The van der Waals surface area contributed by atoms with E-state index in [1.165, 1.54) is 5.56 Å². The molecule has 0 saturated heterocycles. The van der Waals surface area contributed by atoms with Crippen molar-refractivity contribution in [2.45, 2.75) is 46.6 Å². The third-order valence-electron chi connectivity index (χ3n) is 3.40. The molecule has 1 aromatic carbocycles. The second kappa shape index (κ2) is 6.43. The van der Waals surface area contributed by atoms with Crippen molar-refractivity contribution in [3.8, 4) is 0 Å². The highest BCUT2D eigenvalue weighted by molar-refractivity contribution is 5.94. The van der Waals surface area contributed by atoms with Crippen LogP contribution in [0.4, 0.5) is 0 Å². The van der Waals surface area contributed by atoms with Crippen LogP contribution in [0.2, 0.25) is 0 Å². The van der Waals surface area contributed by atoms with E-state index in [1.54, 1.807) is 0 Å². The molecule has 0 radical (unpaired) electrons. The van der Waals surface area contributed by atoms with Gasteiger partial charge in [-0.3, -0.25) is 4.79 Å². The van der Waals surface area contributed by atoms with Crippen LogP contribution in [0.25, 0.3) is 0 Å². The van der Waals surface area contributed by atoms with Gasteiger partial charge in [-0.25, -0.2) is 0 Å². The normalized spacial score (nSPS) is 14.1. The first-order valence-electron chi connectivity index (χ1n) is 6.46. The molecule has 0 saturated carbocycles. The largest absolute Gasteiger partial charge is 0.349 e. The highest BCUT2D eigenvalue weighted by Gasteiger charge is 2.16. The van der Waals surface area contributed by atoms with Crippen LogP contribution in [0, 0.1) is 12.8 Å². The Morgan fingerprint density at radius 2 is 1.76 bits per heavy atom. The van der Waals surface area contributed by atoms with E-state index in [2.05, 4.69) is 26.1 Å². The molecule has 1 aromatic rings. The molecule has 1 N–H and O–H groups in total. The number of hydrogen-bond acceptors (Lipinski definition) is 1. The zero-order valence-corrected chi connectivity index (χ0v) is 11.3. The summed E-state index contributed by atoms with van der Waals surface area (Å²) in [4.78, 5) is 12.0. The van der Waals surface area contributed by atoms with Crippen LogP contribution in [0.5, 0.6) is 0 Å². The second-order valence-corrected chi connectivity index (χ2v) is 4.74. The van der Waals surface area contributed by atoms with Crippen molar-refractivity contribution < 1.29 is 4.79 Å². The molecule has 0 aliphatic rings. The number of benzene rings is 1. The molecule has 0 aliphatic carbocycles. The number of carbonyl (C=O) groups is 1. The lowest BCUT2D eigenvalue weighted by Crippen LogP contribution is -2.38. The summed E-state index contributed by atoms with van der Waals surface area (Å²) in [5.74, 6) is 0.562. The van der Waals surface area contributed by atoms with Crippen molar-refractivity contribution in [3.63, 3.8) is 0 Å². The predicted molar refractivity (Wildman–Crippen MR) is 72.2 cm³/mol. The summed E-state index contributed by atoms with van der Waals surface area (Å²) >= 11 is 0. The van der Waals surface area contributed by atoms with Crippen LogP contribution in [-0.2, 0) is 0 Å². The number of hydrogen-bond donors (Lipinski definition) is 1. The summed E-state index contributed by atoms with van der Waals surface area (Å²) in [5, 5.41) is 3.11. The molecule has 0 fully saturated rings. The van der Waals surface area contributed by atoms with Gasteiger partial charge in [-0.2, -0.15) is 0 Å². The molecule has 0 spiro atoms. The fourth-order valence-corrected chi connectivity index (χ4v) is 1.89. The summed E-state index contributed by atoms with van der Waals surface area (Å²) < 4.78 is 0. The molecule has 0 aromatic heterocycles. The van der Waals surface area contributed by atoms with E-state index in [1.807, 2.05) is 31.2 Å². The Balaban J connectivity index is 2.67. The van der Waals surface area contributed by atoms with E-state index >= 15 is 0 Å². The Morgan fingerprint density at radius 3 is 2.24 bits per heavy atom. The van der Waals surface area contributed by atoms with Gasteiger partial charge in [0.25, 0.3) is 5.91 Å². The Bertz CT molecular complexity index is 356. The lowest BCUT2D eigenvalue weighted by Gasteiger charge is -2.22. The third kappa shape index (κ3) is 3.88. The molecule has 2 unspecified atom stereocenters. The predicted octanol–water partition coefficient (Wildman–Crippen LogP) is 3.55. The van der Waals surface area contributed by atoms with E-state index in [9.17, 15) is 4.79 Å². The summed E-state index contributed by atoms with van der Waals surface area (Å²) in [6, 6.07) is 7.98. The average molecular weight is 233 g/mol. The molecule has 17 heavy (non-hydrogen) atoms. The summed E-state index contributed by atoms with van der Waals surface area (Å²) in [5.41, 5.74) is 1.92. The molecule has 2 heteroatoms. The van der Waals surface area contributed by atoms with Crippen molar-refractivity contribution in [1.82, 2.24) is 5.32 Å². The van der Waals surface area contributed by atoms with Crippen LogP contribution < -0.4 is 5.32 Å². The maximum atomic E-state index is 12.0. The summed E-state index contributed by atoms with van der Waals surface area (Å²) in [7, 11) is 0. The molecule has 1 amide bonds. The second-order valence-electron chi connectivity index (χ2n) is 4.74. The number of nitrogens with one attached hydrogen (secondary N) is 1. The zero-order valence-electron chi connectivity index (χ0n) is 11.3. The van der Waals surface area contributed by atoms with Gasteiger partial charge < -0.3 is 5.32 Å².